The molecule has 30 heavy (non-hydrogen) atoms. The van der Waals surface area contributed by atoms with Crippen LogP contribution in [-0.2, 0) is 0 Å². The molecule has 0 spiro atoms. The highest BCUT2D eigenvalue weighted by Crippen LogP contribution is 2.42. The Bertz CT molecular complexity index is 1030. The van der Waals surface area contributed by atoms with Crippen molar-refractivity contribution in [1.29, 1.82) is 0 Å². The highest BCUT2D eigenvalue weighted by molar-refractivity contribution is 5.95. The van der Waals surface area contributed by atoms with Crippen LogP contribution in [0.3, 0.4) is 0 Å². The molecule has 156 valence electrons. The summed E-state index contributed by atoms with van der Waals surface area (Å²) < 4.78 is 14.1. The second-order valence-corrected chi connectivity index (χ2v) is 8.46. The lowest BCUT2D eigenvalue weighted by Crippen LogP contribution is -2.23. The quantitative estimate of drug-likeness (QED) is 0.469. The van der Waals surface area contributed by atoms with E-state index in [1.807, 2.05) is 19.1 Å². The van der Waals surface area contributed by atoms with E-state index in [0.29, 0.717) is 41.1 Å². The molecular formula is C25H28FN3O. The Morgan fingerprint density at radius 1 is 1.10 bits per heavy atom. The maximum absolute atomic E-state index is 14.1. The monoisotopic (exact) mass is 405 g/mol. The minimum atomic E-state index is -0.257. The summed E-state index contributed by atoms with van der Waals surface area (Å²) >= 11 is 0. The molecule has 0 amide bonds. The van der Waals surface area contributed by atoms with Gasteiger partial charge in [-0.05, 0) is 68.1 Å². The predicted octanol–water partition coefficient (Wildman–Crippen LogP) is 6.05. The molecule has 1 aliphatic carbocycles. The SMILES string of the molecule is CC[C@H](CC(=O)c1cnc(C)nc1)C1CCC(c2ccnc3c(F)cccc23)CC1. The number of aryl methyl sites for hydroxylation is 1. The summed E-state index contributed by atoms with van der Waals surface area (Å²) in [6.07, 6.45) is 10.9. The normalized spacial score (nSPS) is 20.2. The van der Waals surface area contributed by atoms with Gasteiger partial charge < -0.3 is 0 Å². The number of benzene rings is 1. The first-order chi connectivity index (χ1) is 14.6. The van der Waals surface area contributed by atoms with Crippen LogP contribution in [0.4, 0.5) is 4.39 Å². The minimum Gasteiger partial charge on any atom is -0.294 e. The predicted molar refractivity (Wildman–Crippen MR) is 116 cm³/mol. The molecule has 1 aromatic carbocycles. The number of halogens is 1. The van der Waals surface area contributed by atoms with Gasteiger partial charge in [0.1, 0.15) is 17.2 Å². The molecule has 0 saturated heterocycles. The van der Waals surface area contributed by atoms with Crippen molar-refractivity contribution < 1.29 is 9.18 Å². The van der Waals surface area contributed by atoms with E-state index in [-0.39, 0.29) is 11.6 Å². The molecule has 1 saturated carbocycles. The molecule has 2 aromatic heterocycles. The molecule has 0 aliphatic heterocycles. The van der Waals surface area contributed by atoms with E-state index >= 15 is 0 Å². The summed E-state index contributed by atoms with van der Waals surface area (Å²) in [6, 6.07) is 7.26. The first-order valence-electron chi connectivity index (χ1n) is 10.9. The number of rotatable bonds is 6. The van der Waals surface area contributed by atoms with E-state index in [0.717, 1.165) is 37.5 Å². The zero-order valence-corrected chi connectivity index (χ0v) is 17.6. The summed E-state index contributed by atoms with van der Waals surface area (Å²) in [5.74, 6) is 1.91. The number of hydrogen-bond donors (Lipinski definition) is 0. The second kappa shape index (κ2) is 8.99. The van der Waals surface area contributed by atoms with Gasteiger partial charge in [0, 0.05) is 30.4 Å². The van der Waals surface area contributed by atoms with Crippen LogP contribution < -0.4 is 0 Å². The van der Waals surface area contributed by atoms with E-state index in [2.05, 4.69) is 21.9 Å². The van der Waals surface area contributed by atoms with Crippen LogP contribution >= 0.6 is 0 Å². The van der Waals surface area contributed by atoms with Gasteiger partial charge in [-0.3, -0.25) is 9.78 Å². The molecule has 0 unspecified atom stereocenters. The van der Waals surface area contributed by atoms with Gasteiger partial charge in [-0.15, -0.1) is 0 Å². The first kappa shape index (κ1) is 20.6. The van der Waals surface area contributed by atoms with Crippen molar-refractivity contribution in [3.05, 3.63) is 65.6 Å². The molecule has 3 aromatic rings. The van der Waals surface area contributed by atoms with Gasteiger partial charge >= 0.3 is 0 Å². The lowest BCUT2D eigenvalue weighted by molar-refractivity contribution is 0.0925. The zero-order chi connectivity index (χ0) is 21.1. The van der Waals surface area contributed by atoms with E-state index in [1.165, 1.54) is 11.6 Å². The third kappa shape index (κ3) is 4.25. The van der Waals surface area contributed by atoms with Crippen molar-refractivity contribution in [3.8, 4) is 0 Å². The first-order valence-corrected chi connectivity index (χ1v) is 10.9. The van der Waals surface area contributed by atoms with Crippen LogP contribution in [0.25, 0.3) is 10.9 Å². The number of fused-ring (bicyclic) bond motifs is 1. The zero-order valence-electron chi connectivity index (χ0n) is 17.6. The average Bonchev–Trinajstić information content (AvgIpc) is 2.78. The van der Waals surface area contributed by atoms with Crippen molar-refractivity contribution >= 4 is 16.7 Å². The Balaban J connectivity index is 1.43. The molecule has 0 bridgehead atoms. The van der Waals surface area contributed by atoms with Crippen LogP contribution in [0.5, 0.6) is 0 Å². The number of carbonyl (C=O) groups is 1. The second-order valence-electron chi connectivity index (χ2n) is 8.46. The Morgan fingerprint density at radius 2 is 1.83 bits per heavy atom. The van der Waals surface area contributed by atoms with Crippen molar-refractivity contribution in [1.82, 2.24) is 15.0 Å². The number of hydrogen-bond acceptors (Lipinski definition) is 4. The van der Waals surface area contributed by atoms with Gasteiger partial charge in [0.25, 0.3) is 0 Å². The van der Waals surface area contributed by atoms with Crippen LogP contribution in [0.1, 0.15) is 73.1 Å². The van der Waals surface area contributed by atoms with Gasteiger partial charge in [0.05, 0.1) is 5.56 Å². The van der Waals surface area contributed by atoms with Gasteiger partial charge in [-0.2, -0.15) is 0 Å². The summed E-state index contributed by atoms with van der Waals surface area (Å²) in [4.78, 5) is 25.3. The highest BCUT2D eigenvalue weighted by Gasteiger charge is 2.29. The smallest absolute Gasteiger partial charge is 0.166 e. The van der Waals surface area contributed by atoms with Gasteiger partial charge in [-0.25, -0.2) is 14.4 Å². The number of pyridine rings is 1. The molecule has 5 heteroatoms. The topological polar surface area (TPSA) is 55.7 Å². The maximum Gasteiger partial charge on any atom is 0.166 e. The Morgan fingerprint density at radius 3 is 2.53 bits per heavy atom. The molecule has 0 radical (unpaired) electrons. The summed E-state index contributed by atoms with van der Waals surface area (Å²) in [5, 5.41) is 0.933. The van der Waals surface area contributed by atoms with E-state index in [1.54, 1.807) is 24.7 Å². The minimum absolute atomic E-state index is 0.138. The summed E-state index contributed by atoms with van der Waals surface area (Å²) in [7, 11) is 0. The number of para-hydroxylation sites is 1. The number of ketones is 1. The summed E-state index contributed by atoms with van der Waals surface area (Å²) in [6.45, 7) is 4.00. The molecular weight excluding hydrogens is 377 g/mol. The van der Waals surface area contributed by atoms with Gasteiger partial charge in [-0.1, -0.05) is 25.5 Å². The van der Waals surface area contributed by atoms with Crippen molar-refractivity contribution in [2.24, 2.45) is 11.8 Å². The highest BCUT2D eigenvalue weighted by atomic mass is 19.1. The van der Waals surface area contributed by atoms with Gasteiger partial charge in [0.15, 0.2) is 5.78 Å². The van der Waals surface area contributed by atoms with Crippen molar-refractivity contribution in [3.63, 3.8) is 0 Å². The summed E-state index contributed by atoms with van der Waals surface area (Å²) in [5.41, 5.74) is 2.28. The van der Waals surface area contributed by atoms with Crippen LogP contribution in [0, 0.1) is 24.6 Å². The molecule has 0 N–H and O–H groups in total. The van der Waals surface area contributed by atoms with Crippen LogP contribution in [0.15, 0.2) is 42.9 Å². The van der Waals surface area contributed by atoms with E-state index in [4.69, 9.17) is 0 Å². The van der Waals surface area contributed by atoms with Crippen LogP contribution in [0.2, 0.25) is 0 Å². The van der Waals surface area contributed by atoms with Gasteiger partial charge in [0.2, 0.25) is 0 Å². The van der Waals surface area contributed by atoms with E-state index < -0.39 is 0 Å². The fourth-order valence-corrected chi connectivity index (χ4v) is 4.96. The lowest BCUT2D eigenvalue weighted by atomic mass is 9.71. The number of Topliss-reactive ketones (excluding diaryl/α,β-unsaturated/α-hetero) is 1. The fourth-order valence-electron chi connectivity index (χ4n) is 4.96. The molecule has 4 rings (SSSR count). The Labute approximate surface area is 177 Å². The fraction of sp³-hybridized carbons (Fsp3) is 0.440. The lowest BCUT2D eigenvalue weighted by Gasteiger charge is -2.34. The average molecular weight is 406 g/mol. The number of nitrogens with zero attached hydrogens (tertiary/aromatic N) is 3. The molecule has 2 heterocycles. The molecule has 1 aliphatic rings. The third-order valence-corrected chi connectivity index (χ3v) is 6.71. The standard InChI is InChI=1S/C25H28FN3O/c1-3-17(13-24(30)20-14-28-16(2)29-15-20)18-7-9-19(10-8-18)21-11-12-27-25-22(21)5-4-6-23(25)26/h4-6,11-12,14-15,17-19H,3,7-10,13H2,1-2H3/t17-,18?,19?/m1/s1. The van der Waals surface area contributed by atoms with E-state index in [9.17, 15) is 9.18 Å². The Hall–Kier alpha value is -2.69. The molecule has 1 atom stereocenters. The Kier molecular flexibility index (Phi) is 6.16. The van der Waals surface area contributed by atoms with Crippen molar-refractivity contribution in [2.45, 2.75) is 58.3 Å². The molecule has 4 nitrogen and oxygen atoms in total. The number of carbonyl (C=O) groups excluding carboxylic acids is 1. The third-order valence-electron chi connectivity index (χ3n) is 6.71. The maximum atomic E-state index is 14.1. The van der Waals surface area contributed by atoms with Crippen LogP contribution in [-0.4, -0.2) is 20.7 Å². The van der Waals surface area contributed by atoms with Crippen molar-refractivity contribution in [2.75, 3.05) is 0 Å². The number of aromatic nitrogens is 3. The largest absolute Gasteiger partial charge is 0.294 e. The molecule has 1 fully saturated rings.